The van der Waals surface area contributed by atoms with E-state index in [0.29, 0.717) is 5.69 Å². The molecule has 0 spiro atoms. The smallest absolute Gasteiger partial charge is 0.247 e. The van der Waals surface area contributed by atoms with Gasteiger partial charge >= 0.3 is 0 Å². The first kappa shape index (κ1) is 20.6. The minimum absolute atomic E-state index is 0.242. The molecule has 3 N–H and O–H groups in total. The molecule has 0 aliphatic carbocycles. The largest absolute Gasteiger partial charge is 0.378 e. The van der Waals surface area contributed by atoms with Crippen LogP contribution in [0.25, 0.3) is 0 Å². The molecule has 3 unspecified atom stereocenters. The molecule has 6 nitrogen and oxygen atoms in total. The molecule has 6 heteroatoms. The fourth-order valence-electron chi connectivity index (χ4n) is 4.03. The number of amides is 2. The van der Waals surface area contributed by atoms with E-state index < -0.39 is 5.92 Å². The lowest BCUT2D eigenvalue weighted by Gasteiger charge is -2.38. The van der Waals surface area contributed by atoms with Crippen molar-refractivity contribution in [2.45, 2.75) is 12.0 Å². The van der Waals surface area contributed by atoms with Gasteiger partial charge in [0.15, 0.2) is 0 Å². The maximum Gasteiger partial charge on any atom is 0.247 e. The molecule has 1 heterocycles. The number of hydrazine groups is 1. The van der Waals surface area contributed by atoms with E-state index in [1.807, 2.05) is 104 Å². The highest BCUT2D eigenvalue weighted by Gasteiger charge is 2.44. The van der Waals surface area contributed by atoms with Gasteiger partial charge in [-0.25, -0.2) is 5.43 Å². The molecule has 0 bridgehead atoms. The summed E-state index contributed by atoms with van der Waals surface area (Å²) in [5.41, 5.74) is 9.46. The van der Waals surface area contributed by atoms with Crippen LogP contribution in [0.15, 0.2) is 84.9 Å². The van der Waals surface area contributed by atoms with Crippen LogP contribution in [0.3, 0.4) is 0 Å². The molecular weight excluding hydrogens is 388 g/mol. The Morgan fingerprint density at radius 2 is 1.42 bits per heavy atom. The van der Waals surface area contributed by atoms with Crippen LogP contribution in [0.1, 0.15) is 23.1 Å². The van der Waals surface area contributed by atoms with E-state index in [9.17, 15) is 9.59 Å². The highest BCUT2D eigenvalue weighted by atomic mass is 16.2. The van der Waals surface area contributed by atoms with Crippen molar-refractivity contribution >= 4 is 23.2 Å². The fourth-order valence-corrected chi connectivity index (χ4v) is 4.03. The summed E-state index contributed by atoms with van der Waals surface area (Å²) in [6.45, 7) is 0. The lowest BCUT2D eigenvalue weighted by Crippen LogP contribution is -2.56. The Bertz CT molecular complexity index is 1040. The Hall–Kier alpha value is -3.64. The lowest BCUT2D eigenvalue weighted by atomic mass is 9.76. The number of carbonyl (C=O) groups excluding carboxylic acids is 2. The molecule has 1 fully saturated rings. The van der Waals surface area contributed by atoms with Gasteiger partial charge in [0.25, 0.3) is 0 Å². The third kappa shape index (κ3) is 4.44. The van der Waals surface area contributed by atoms with Crippen molar-refractivity contribution in [1.29, 1.82) is 0 Å². The van der Waals surface area contributed by atoms with Gasteiger partial charge in [-0.3, -0.25) is 15.0 Å². The van der Waals surface area contributed by atoms with Crippen molar-refractivity contribution in [3.63, 3.8) is 0 Å². The number of nitrogens with zero attached hydrogens (tertiary/aromatic N) is 1. The fraction of sp³-hybridized carbons (Fsp3) is 0.200. The number of benzene rings is 3. The molecule has 1 aliphatic rings. The normalized spacial score (nSPS) is 20.6. The third-order valence-corrected chi connectivity index (χ3v) is 5.63. The minimum atomic E-state index is -0.887. The molecule has 2 amide bonds. The maximum atomic E-state index is 13.3. The first-order valence-electron chi connectivity index (χ1n) is 10.3. The van der Waals surface area contributed by atoms with E-state index >= 15 is 0 Å². The average molecular weight is 415 g/mol. The second kappa shape index (κ2) is 9.02. The van der Waals surface area contributed by atoms with Crippen LogP contribution in [0.2, 0.25) is 0 Å². The van der Waals surface area contributed by atoms with Gasteiger partial charge < -0.3 is 10.2 Å². The van der Waals surface area contributed by atoms with Crippen LogP contribution in [-0.4, -0.2) is 25.9 Å². The van der Waals surface area contributed by atoms with Crippen molar-refractivity contribution in [3.05, 3.63) is 96.1 Å². The second-order valence-corrected chi connectivity index (χ2v) is 7.87. The first-order chi connectivity index (χ1) is 15.0. The Morgan fingerprint density at radius 3 is 2.00 bits per heavy atom. The van der Waals surface area contributed by atoms with Crippen molar-refractivity contribution in [3.8, 4) is 0 Å². The van der Waals surface area contributed by atoms with E-state index in [0.717, 1.165) is 16.8 Å². The summed E-state index contributed by atoms with van der Waals surface area (Å²) in [6, 6.07) is 26.9. The molecule has 1 saturated heterocycles. The zero-order chi connectivity index (χ0) is 21.8. The van der Waals surface area contributed by atoms with Crippen molar-refractivity contribution in [1.82, 2.24) is 10.9 Å². The highest BCUT2D eigenvalue weighted by Crippen LogP contribution is 2.39. The lowest BCUT2D eigenvalue weighted by molar-refractivity contribution is -0.137. The van der Waals surface area contributed by atoms with E-state index in [1.165, 1.54) is 0 Å². The number of hydrogen-bond acceptors (Lipinski definition) is 4. The molecule has 0 radical (unpaired) electrons. The third-order valence-electron chi connectivity index (χ3n) is 5.63. The number of anilines is 2. The van der Waals surface area contributed by atoms with Gasteiger partial charge in [0, 0.05) is 31.4 Å². The molecule has 0 aromatic heterocycles. The van der Waals surface area contributed by atoms with E-state index in [2.05, 4.69) is 16.2 Å². The van der Waals surface area contributed by atoms with Crippen LogP contribution >= 0.6 is 0 Å². The van der Waals surface area contributed by atoms with E-state index in [4.69, 9.17) is 0 Å². The Kier molecular flexibility index (Phi) is 6.00. The predicted molar refractivity (Wildman–Crippen MR) is 123 cm³/mol. The van der Waals surface area contributed by atoms with Gasteiger partial charge in [0.05, 0.1) is 6.04 Å². The molecule has 3 aromatic carbocycles. The second-order valence-electron chi connectivity index (χ2n) is 7.87. The van der Waals surface area contributed by atoms with Crippen molar-refractivity contribution in [2.24, 2.45) is 5.92 Å². The summed E-state index contributed by atoms with van der Waals surface area (Å²) in [5, 5.41) is 2.93. The first-order valence-corrected chi connectivity index (χ1v) is 10.3. The summed E-state index contributed by atoms with van der Waals surface area (Å²) >= 11 is 0. The Morgan fingerprint density at radius 1 is 0.839 bits per heavy atom. The number of carbonyl (C=O) groups is 2. The standard InChI is InChI=1S/C25H26N4O2/c1-29(2)20-15-13-19(14-16-20)26-24(30)22-21(17-9-5-3-6-10-17)23(27-28-25(22)31)18-11-7-4-8-12-18/h3-16,21-23,27H,1-2H3,(H,26,30)(H,28,31). The van der Waals surface area contributed by atoms with E-state index in [1.54, 1.807) is 0 Å². The van der Waals surface area contributed by atoms with Crippen LogP contribution in [0.5, 0.6) is 0 Å². The highest BCUT2D eigenvalue weighted by molar-refractivity contribution is 6.07. The van der Waals surface area contributed by atoms with Crippen LogP contribution in [0.4, 0.5) is 11.4 Å². The molecule has 0 saturated carbocycles. The summed E-state index contributed by atoms with van der Waals surface area (Å²) in [5.74, 6) is -1.92. The molecule has 4 rings (SSSR count). The maximum absolute atomic E-state index is 13.3. The molecule has 31 heavy (non-hydrogen) atoms. The number of nitrogens with one attached hydrogen (secondary N) is 3. The van der Waals surface area contributed by atoms with Crippen LogP contribution in [0, 0.1) is 5.92 Å². The Labute approximate surface area is 182 Å². The van der Waals surface area contributed by atoms with Gasteiger partial charge in [0.1, 0.15) is 5.92 Å². The summed E-state index contributed by atoms with van der Waals surface area (Å²) in [4.78, 5) is 28.2. The molecule has 3 atom stereocenters. The van der Waals surface area contributed by atoms with Gasteiger partial charge in [-0.05, 0) is 35.4 Å². The van der Waals surface area contributed by atoms with Crippen LogP contribution in [-0.2, 0) is 9.59 Å². The van der Waals surface area contributed by atoms with Gasteiger partial charge in [-0.2, -0.15) is 0 Å². The van der Waals surface area contributed by atoms with Gasteiger partial charge in [-0.15, -0.1) is 0 Å². The van der Waals surface area contributed by atoms with Crippen LogP contribution < -0.4 is 21.1 Å². The van der Waals surface area contributed by atoms with E-state index in [-0.39, 0.29) is 23.8 Å². The number of rotatable bonds is 5. The zero-order valence-electron chi connectivity index (χ0n) is 17.6. The average Bonchev–Trinajstić information content (AvgIpc) is 2.80. The minimum Gasteiger partial charge on any atom is -0.378 e. The monoisotopic (exact) mass is 414 g/mol. The van der Waals surface area contributed by atoms with Crippen molar-refractivity contribution < 1.29 is 9.59 Å². The summed E-state index contributed by atoms with van der Waals surface area (Å²) < 4.78 is 0. The SMILES string of the molecule is CN(C)c1ccc(NC(=O)C2C(=O)NNC(c3ccccc3)C2c2ccccc2)cc1. The summed E-state index contributed by atoms with van der Waals surface area (Å²) in [7, 11) is 3.92. The summed E-state index contributed by atoms with van der Waals surface area (Å²) in [6.07, 6.45) is 0. The zero-order valence-corrected chi connectivity index (χ0v) is 17.6. The van der Waals surface area contributed by atoms with Crippen molar-refractivity contribution in [2.75, 3.05) is 24.3 Å². The predicted octanol–water partition coefficient (Wildman–Crippen LogP) is 3.47. The topological polar surface area (TPSA) is 73.5 Å². The Balaban J connectivity index is 1.67. The number of hydrogen-bond donors (Lipinski definition) is 3. The molecular formula is C25H26N4O2. The molecule has 1 aliphatic heterocycles. The molecule has 3 aromatic rings. The van der Waals surface area contributed by atoms with Gasteiger partial charge in [0.2, 0.25) is 11.8 Å². The molecule has 158 valence electrons. The van der Waals surface area contributed by atoms with Gasteiger partial charge in [-0.1, -0.05) is 60.7 Å². The quantitative estimate of drug-likeness (QED) is 0.559.